The predicted molar refractivity (Wildman–Crippen MR) is 92.4 cm³/mol. The van der Waals surface area contributed by atoms with Gasteiger partial charge in [0.15, 0.2) is 12.4 Å². The van der Waals surface area contributed by atoms with Crippen LogP contribution in [0.4, 0.5) is 0 Å². The van der Waals surface area contributed by atoms with E-state index in [4.69, 9.17) is 18.4 Å². The van der Waals surface area contributed by atoms with Crippen molar-refractivity contribution in [2.45, 2.75) is 11.5 Å². The molecule has 0 bridgehead atoms. The lowest BCUT2D eigenvalue weighted by molar-refractivity contribution is 0.0730. The van der Waals surface area contributed by atoms with E-state index >= 15 is 0 Å². The Morgan fingerprint density at radius 3 is 2.59 bits per heavy atom. The molecule has 0 spiro atoms. The number of aromatic nitrogens is 2. The number of hydrogen-bond donors (Lipinski definition) is 0. The largest absolute Gasteiger partial charge is 0.484 e. The first-order valence-corrected chi connectivity index (χ1v) is 9.74. The summed E-state index contributed by atoms with van der Waals surface area (Å²) in [5.41, 5.74) is 0. The minimum Gasteiger partial charge on any atom is -0.484 e. The van der Waals surface area contributed by atoms with Crippen LogP contribution in [0.3, 0.4) is 0 Å². The average Bonchev–Trinajstić information content (AvgIpc) is 3.39. The lowest BCUT2D eigenvalue weighted by atomic mass is 10.3. The van der Waals surface area contributed by atoms with E-state index in [0.29, 0.717) is 43.6 Å². The van der Waals surface area contributed by atoms with Crippen molar-refractivity contribution in [3.05, 3.63) is 48.6 Å². The smallest absolute Gasteiger partial charge is 0.264 e. The van der Waals surface area contributed by atoms with Crippen LogP contribution in [0.15, 0.2) is 56.5 Å². The number of hydrogen-bond acceptors (Lipinski definition) is 8. The second-order valence-corrected chi connectivity index (χ2v) is 7.70. The Balaban J connectivity index is 1.39. The normalized spacial score (nSPS) is 15.7. The molecule has 142 valence electrons. The minimum atomic E-state index is -3.52. The molecule has 1 aromatic carbocycles. The molecule has 3 aromatic rings. The Morgan fingerprint density at radius 1 is 1.11 bits per heavy atom. The monoisotopic (exact) mass is 391 g/mol. The third-order valence-electron chi connectivity index (χ3n) is 4.00. The number of nitrogens with zero attached hydrogens (tertiary/aromatic N) is 3. The first-order valence-electron chi connectivity index (χ1n) is 8.30. The van der Waals surface area contributed by atoms with Gasteiger partial charge in [0.1, 0.15) is 5.75 Å². The summed E-state index contributed by atoms with van der Waals surface area (Å²) in [6, 6.07) is 9.68. The highest BCUT2D eigenvalue weighted by Crippen LogP contribution is 2.21. The van der Waals surface area contributed by atoms with Gasteiger partial charge in [0.2, 0.25) is 15.8 Å². The number of ether oxygens (including phenoxy) is 2. The van der Waals surface area contributed by atoms with E-state index in [9.17, 15) is 8.42 Å². The van der Waals surface area contributed by atoms with E-state index in [2.05, 4.69) is 10.1 Å². The van der Waals surface area contributed by atoms with Gasteiger partial charge in [-0.2, -0.15) is 9.29 Å². The van der Waals surface area contributed by atoms with Crippen LogP contribution in [0.2, 0.25) is 0 Å². The molecule has 4 rings (SSSR count). The highest BCUT2D eigenvalue weighted by Gasteiger charge is 2.26. The highest BCUT2D eigenvalue weighted by molar-refractivity contribution is 7.89. The fourth-order valence-electron chi connectivity index (χ4n) is 2.61. The molecule has 10 heteroatoms. The SMILES string of the molecule is O=S(=O)(c1ccc(OCc2nc(-c3ccco3)no2)cc1)N1CCOCC1. The van der Waals surface area contributed by atoms with E-state index in [1.807, 2.05) is 0 Å². The lowest BCUT2D eigenvalue weighted by Crippen LogP contribution is -2.40. The van der Waals surface area contributed by atoms with Gasteiger partial charge >= 0.3 is 0 Å². The summed E-state index contributed by atoms with van der Waals surface area (Å²) < 4.78 is 47.7. The summed E-state index contributed by atoms with van der Waals surface area (Å²) in [6.45, 7) is 1.59. The molecule has 3 heterocycles. The maximum Gasteiger partial charge on any atom is 0.264 e. The van der Waals surface area contributed by atoms with E-state index in [1.54, 1.807) is 24.3 Å². The molecule has 2 aromatic heterocycles. The molecule has 0 aliphatic carbocycles. The maximum atomic E-state index is 12.6. The van der Waals surface area contributed by atoms with Crippen LogP contribution < -0.4 is 4.74 Å². The Kier molecular flexibility index (Phi) is 4.92. The summed E-state index contributed by atoms with van der Waals surface area (Å²) >= 11 is 0. The van der Waals surface area contributed by atoms with Gasteiger partial charge in [0, 0.05) is 13.1 Å². The Morgan fingerprint density at radius 2 is 1.89 bits per heavy atom. The Labute approximate surface area is 155 Å². The minimum absolute atomic E-state index is 0.0588. The fourth-order valence-corrected chi connectivity index (χ4v) is 4.02. The summed E-state index contributed by atoms with van der Waals surface area (Å²) in [6.07, 6.45) is 1.52. The van der Waals surface area contributed by atoms with Crippen LogP contribution in [0.5, 0.6) is 5.75 Å². The molecule has 1 aliphatic rings. The van der Waals surface area contributed by atoms with Crippen LogP contribution in [0, 0.1) is 0 Å². The Bertz CT molecular complexity index is 976. The predicted octanol–water partition coefficient (Wildman–Crippen LogP) is 1.93. The molecule has 9 nitrogen and oxygen atoms in total. The molecule has 27 heavy (non-hydrogen) atoms. The van der Waals surface area contributed by atoms with Gasteiger partial charge in [-0.1, -0.05) is 5.16 Å². The number of sulfonamides is 1. The van der Waals surface area contributed by atoms with Crippen LogP contribution >= 0.6 is 0 Å². The van der Waals surface area contributed by atoms with Crippen molar-refractivity contribution >= 4 is 10.0 Å². The third-order valence-corrected chi connectivity index (χ3v) is 5.92. The molecule has 0 unspecified atom stereocenters. The fraction of sp³-hybridized carbons (Fsp3) is 0.294. The molecule has 0 amide bonds. The number of benzene rings is 1. The van der Waals surface area contributed by atoms with Crippen LogP contribution in [0.1, 0.15) is 5.89 Å². The molecule has 1 saturated heterocycles. The van der Waals surface area contributed by atoms with E-state index < -0.39 is 10.0 Å². The zero-order chi connectivity index (χ0) is 18.7. The van der Waals surface area contributed by atoms with Gasteiger partial charge < -0.3 is 18.4 Å². The van der Waals surface area contributed by atoms with E-state index in [0.717, 1.165) is 0 Å². The first-order chi connectivity index (χ1) is 13.1. The summed E-state index contributed by atoms with van der Waals surface area (Å²) in [5, 5.41) is 3.81. The van der Waals surface area contributed by atoms with Gasteiger partial charge in [0.05, 0.1) is 24.4 Å². The molecule has 1 aliphatic heterocycles. The lowest BCUT2D eigenvalue weighted by Gasteiger charge is -2.26. The zero-order valence-electron chi connectivity index (χ0n) is 14.3. The number of rotatable bonds is 6. The molecular weight excluding hydrogens is 374 g/mol. The molecule has 0 radical (unpaired) electrons. The molecule has 0 saturated carbocycles. The molecular formula is C17H17N3O6S. The van der Waals surface area contributed by atoms with Crippen molar-refractivity contribution in [2.24, 2.45) is 0 Å². The van der Waals surface area contributed by atoms with Gasteiger partial charge in [0.25, 0.3) is 5.89 Å². The summed E-state index contributed by atoms with van der Waals surface area (Å²) in [7, 11) is -3.52. The second kappa shape index (κ2) is 7.51. The molecule has 0 N–H and O–H groups in total. The summed E-state index contributed by atoms with van der Waals surface area (Å²) in [4.78, 5) is 4.39. The second-order valence-electron chi connectivity index (χ2n) is 5.77. The molecule has 0 atom stereocenters. The standard InChI is InChI=1S/C17H17N3O6S/c21-27(22,20-7-10-23-11-8-20)14-5-3-13(4-6-14)25-12-16-18-17(19-26-16)15-2-1-9-24-15/h1-6,9H,7-8,10-12H2. The van der Waals surface area contributed by atoms with Gasteiger partial charge in [-0.15, -0.1) is 0 Å². The van der Waals surface area contributed by atoms with Gasteiger partial charge in [-0.3, -0.25) is 0 Å². The van der Waals surface area contributed by atoms with Crippen molar-refractivity contribution < 1.29 is 26.8 Å². The number of furan rings is 1. The van der Waals surface area contributed by atoms with Crippen LogP contribution in [-0.2, 0) is 21.4 Å². The third kappa shape index (κ3) is 3.87. The van der Waals surface area contributed by atoms with Crippen LogP contribution in [-0.4, -0.2) is 49.2 Å². The van der Waals surface area contributed by atoms with Crippen LogP contribution in [0.25, 0.3) is 11.6 Å². The van der Waals surface area contributed by atoms with Crippen molar-refractivity contribution in [3.8, 4) is 17.3 Å². The summed E-state index contributed by atoms with van der Waals surface area (Å²) in [5.74, 6) is 1.62. The number of morpholine rings is 1. The zero-order valence-corrected chi connectivity index (χ0v) is 15.1. The van der Waals surface area contributed by atoms with Crippen molar-refractivity contribution in [2.75, 3.05) is 26.3 Å². The van der Waals surface area contributed by atoms with E-state index in [-0.39, 0.29) is 17.4 Å². The van der Waals surface area contributed by atoms with Crippen molar-refractivity contribution in [1.29, 1.82) is 0 Å². The van der Waals surface area contributed by atoms with Gasteiger partial charge in [-0.05, 0) is 36.4 Å². The topological polar surface area (TPSA) is 108 Å². The maximum absolute atomic E-state index is 12.6. The quantitative estimate of drug-likeness (QED) is 0.627. The highest BCUT2D eigenvalue weighted by atomic mass is 32.2. The first kappa shape index (κ1) is 17.7. The Hall–Kier alpha value is -2.69. The average molecular weight is 391 g/mol. The molecule has 1 fully saturated rings. The van der Waals surface area contributed by atoms with Crippen molar-refractivity contribution in [3.63, 3.8) is 0 Å². The van der Waals surface area contributed by atoms with E-state index in [1.165, 1.54) is 22.7 Å². The van der Waals surface area contributed by atoms with Crippen molar-refractivity contribution in [1.82, 2.24) is 14.4 Å². The van der Waals surface area contributed by atoms with Gasteiger partial charge in [-0.25, -0.2) is 8.42 Å².